The molecule has 78 valence electrons. The van der Waals surface area contributed by atoms with Crippen molar-refractivity contribution in [3.05, 3.63) is 29.0 Å². The molecule has 1 heterocycles. The van der Waals surface area contributed by atoms with Gasteiger partial charge in [-0.05, 0) is 43.4 Å². The number of aryl methyl sites for hydroxylation is 1. The van der Waals surface area contributed by atoms with Crippen LogP contribution in [0.2, 0.25) is 0 Å². The standard InChI is InChI=1S/C10H11N3OS/c1-2-13-10(15)11-9(12-13)7-3-5-8(14)6-4-7/h3-6,14H,2H2,1H3,(H,11,12,15). The normalized spacial score (nSPS) is 10.5. The maximum absolute atomic E-state index is 9.15. The predicted molar refractivity (Wildman–Crippen MR) is 60.2 cm³/mol. The lowest BCUT2D eigenvalue weighted by Crippen LogP contribution is -1.95. The van der Waals surface area contributed by atoms with Gasteiger partial charge in [0.15, 0.2) is 5.82 Å². The minimum atomic E-state index is 0.243. The molecule has 2 rings (SSSR count). The molecular weight excluding hydrogens is 210 g/mol. The van der Waals surface area contributed by atoms with Crippen LogP contribution >= 0.6 is 12.2 Å². The summed E-state index contributed by atoms with van der Waals surface area (Å²) in [5.74, 6) is 0.967. The molecule has 0 radical (unpaired) electrons. The van der Waals surface area contributed by atoms with E-state index in [2.05, 4.69) is 10.1 Å². The molecule has 4 nitrogen and oxygen atoms in total. The summed E-state index contributed by atoms with van der Waals surface area (Å²) in [5, 5.41) is 12.2. The fourth-order valence-corrected chi connectivity index (χ4v) is 1.59. The first kappa shape index (κ1) is 9.92. The zero-order valence-electron chi connectivity index (χ0n) is 8.27. The maximum atomic E-state index is 9.15. The van der Waals surface area contributed by atoms with E-state index in [1.807, 2.05) is 6.92 Å². The number of aromatic hydroxyl groups is 1. The van der Waals surface area contributed by atoms with Crippen molar-refractivity contribution in [1.82, 2.24) is 14.8 Å². The Hall–Kier alpha value is -1.62. The van der Waals surface area contributed by atoms with Crippen LogP contribution in [0, 0.1) is 4.77 Å². The van der Waals surface area contributed by atoms with E-state index in [4.69, 9.17) is 17.3 Å². The first-order valence-corrected chi connectivity index (χ1v) is 5.08. The lowest BCUT2D eigenvalue weighted by molar-refractivity contribution is 0.475. The summed E-state index contributed by atoms with van der Waals surface area (Å²) in [5.41, 5.74) is 0.908. The van der Waals surface area contributed by atoms with Crippen molar-refractivity contribution in [3.63, 3.8) is 0 Å². The van der Waals surface area contributed by atoms with Crippen LogP contribution in [-0.4, -0.2) is 19.9 Å². The number of H-pyrrole nitrogens is 1. The van der Waals surface area contributed by atoms with Gasteiger partial charge < -0.3 is 5.11 Å². The third kappa shape index (κ3) is 1.92. The Morgan fingerprint density at radius 3 is 2.60 bits per heavy atom. The fraction of sp³-hybridized carbons (Fsp3) is 0.200. The van der Waals surface area contributed by atoms with Gasteiger partial charge in [0.25, 0.3) is 0 Å². The van der Waals surface area contributed by atoms with Gasteiger partial charge in [0.05, 0.1) is 0 Å². The van der Waals surface area contributed by atoms with Gasteiger partial charge in [-0.2, -0.15) is 4.98 Å². The van der Waals surface area contributed by atoms with Crippen molar-refractivity contribution in [2.75, 3.05) is 0 Å². The summed E-state index contributed by atoms with van der Waals surface area (Å²) in [6, 6.07) is 6.83. The summed E-state index contributed by atoms with van der Waals surface area (Å²) in [6.07, 6.45) is 0. The molecule has 0 aliphatic carbocycles. The quantitative estimate of drug-likeness (QED) is 0.765. The van der Waals surface area contributed by atoms with E-state index in [0.717, 1.165) is 17.9 Å². The monoisotopic (exact) mass is 221 g/mol. The van der Waals surface area contributed by atoms with Crippen LogP contribution in [0.3, 0.4) is 0 Å². The highest BCUT2D eigenvalue weighted by molar-refractivity contribution is 7.71. The Bertz CT molecular complexity index is 512. The van der Waals surface area contributed by atoms with E-state index in [0.29, 0.717) is 4.77 Å². The molecule has 0 atom stereocenters. The molecule has 0 aliphatic heterocycles. The number of phenols is 1. The summed E-state index contributed by atoms with van der Waals surface area (Å²) in [6.45, 7) is 2.76. The third-order valence-corrected chi connectivity index (χ3v) is 2.45. The topological polar surface area (TPSA) is 53.8 Å². The molecule has 1 aromatic heterocycles. The fourth-order valence-electron chi connectivity index (χ4n) is 1.32. The number of phenolic OH excluding ortho intramolecular Hbond substituents is 1. The van der Waals surface area contributed by atoms with Crippen molar-refractivity contribution in [3.8, 4) is 17.1 Å². The summed E-state index contributed by atoms with van der Waals surface area (Å²) in [7, 11) is 0. The van der Waals surface area contributed by atoms with E-state index >= 15 is 0 Å². The lowest BCUT2D eigenvalue weighted by atomic mass is 10.2. The van der Waals surface area contributed by atoms with Crippen LogP contribution in [0.4, 0.5) is 0 Å². The third-order valence-electron chi connectivity index (χ3n) is 2.14. The second-order valence-corrected chi connectivity index (χ2v) is 3.51. The number of aromatic nitrogens is 3. The van der Waals surface area contributed by atoms with Crippen LogP contribution in [-0.2, 0) is 6.54 Å². The molecule has 0 fully saturated rings. The molecule has 0 saturated heterocycles. The Kier molecular flexibility index (Phi) is 2.55. The Morgan fingerprint density at radius 2 is 2.07 bits per heavy atom. The minimum absolute atomic E-state index is 0.243. The van der Waals surface area contributed by atoms with Gasteiger partial charge in [0.2, 0.25) is 4.77 Å². The molecule has 15 heavy (non-hydrogen) atoms. The Morgan fingerprint density at radius 1 is 1.40 bits per heavy atom. The van der Waals surface area contributed by atoms with E-state index in [1.54, 1.807) is 28.9 Å². The second kappa shape index (κ2) is 3.86. The van der Waals surface area contributed by atoms with Gasteiger partial charge in [-0.25, -0.2) is 0 Å². The molecule has 0 aliphatic rings. The van der Waals surface area contributed by atoms with Crippen molar-refractivity contribution in [2.24, 2.45) is 0 Å². The van der Waals surface area contributed by atoms with Crippen molar-refractivity contribution in [1.29, 1.82) is 0 Å². The Balaban J connectivity index is 2.45. The Labute approximate surface area is 92.2 Å². The highest BCUT2D eigenvalue weighted by Crippen LogP contribution is 2.18. The van der Waals surface area contributed by atoms with Crippen molar-refractivity contribution in [2.45, 2.75) is 13.5 Å². The van der Waals surface area contributed by atoms with E-state index in [9.17, 15) is 0 Å². The van der Waals surface area contributed by atoms with Gasteiger partial charge in [-0.1, -0.05) is 0 Å². The molecule has 1 aromatic carbocycles. The summed E-state index contributed by atoms with van der Waals surface area (Å²) < 4.78 is 2.33. The van der Waals surface area contributed by atoms with Gasteiger partial charge in [0, 0.05) is 12.1 Å². The van der Waals surface area contributed by atoms with Gasteiger partial charge in [-0.15, -0.1) is 0 Å². The van der Waals surface area contributed by atoms with Gasteiger partial charge in [0.1, 0.15) is 5.75 Å². The molecule has 2 N–H and O–H groups in total. The average Bonchev–Trinajstić information content (AvgIpc) is 2.61. The summed E-state index contributed by atoms with van der Waals surface area (Å²) >= 11 is 5.07. The zero-order valence-corrected chi connectivity index (χ0v) is 9.08. The first-order valence-electron chi connectivity index (χ1n) is 4.67. The highest BCUT2D eigenvalue weighted by atomic mass is 32.1. The number of hydrogen-bond donors (Lipinski definition) is 2. The maximum Gasteiger partial charge on any atom is 0.216 e. The van der Waals surface area contributed by atoms with Crippen LogP contribution < -0.4 is 0 Å². The molecule has 5 heteroatoms. The van der Waals surface area contributed by atoms with Gasteiger partial charge in [-0.3, -0.25) is 9.78 Å². The molecule has 2 aromatic rings. The number of benzene rings is 1. The van der Waals surface area contributed by atoms with Crippen LogP contribution in [0.15, 0.2) is 24.3 Å². The number of aromatic amines is 1. The number of nitrogens with zero attached hydrogens (tertiary/aromatic N) is 2. The van der Waals surface area contributed by atoms with E-state index in [-0.39, 0.29) is 5.75 Å². The summed E-state index contributed by atoms with van der Waals surface area (Å²) in [4.78, 5) is 4.22. The molecule has 0 unspecified atom stereocenters. The van der Waals surface area contributed by atoms with Gasteiger partial charge >= 0.3 is 0 Å². The van der Waals surface area contributed by atoms with Crippen molar-refractivity contribution < 1.29 is 5.11 Å². The molecule has 0 amide bonds. The minimum Gasteiger partial charge on any atom is -0.508 e. The largest absolute Gasteiger partial charge is 0.508 e. The van der Waals surface area contributed by atoms with E-state index in [1.165, 1.54) is 0 Å². The van der Waals surface area contributed by atoms with Crippen LogP contribution in [0.1, 0.15) is 6.92 Å². The average molecular weight is 221 g/mol. The number of rotatable bonds is 2. The zero-order chi connectivity index (χ0) is 10.8. The first-order chi connectivity index (χ1) is 7.20. The van der Waals surface area contributed by atoms with Crippen LogP contribution in [0.5, 0.6) is 5.75 Å². The van der Waals surface area contributed by atoms with E-state index < -0.39 is 0 Å². The number of nitrogens with one attached hydrogen (secondary N) is 1. The molecular formula is C10H11N3OS. The highest BCUT2D eigenvalue weighted by Gasteiger charge is 2.03. The molecule has 0 bridgehead atoms. The SMILES string of the molecule is CCn1[nH]c(-c2ccc(O)cc2)nc1=S. The van der Waals surface area contributed by atoms with Crippen molar-refractivity contribution >= 4 is 12.2 Å². The van der Waals surface area contributed by atoms with Crippen LogP contribution in [0.25, 0.3) is 11.4 Å². The smallest absolute Gasteiger partial charge is 0.216 e. The molecule has 0 saturated carbocycles. The molecule has 0 spiro atoms. The second-order valence-electron chi connectivity index (χ2n) is 3.15. The number of hydrogen-bond acceptors (Lipinski definition) is 3. The lowest BCUT2D eigenvalue weighted by Gasteiger charge is -1.97. The predicted octanol–water partition coefficient (Wildman–Crippen LogP) is 2.33.